The van der Waals surface area contributed by atoms with E-state index < -0.39 is 17.5 Å². The van der Waals surface area contributed by atoms with Crippen LogP contribution < -0.4 is 0 Å². The number of aromatic nitrogens is 2. The number of nitrogens with zero attached hydrogens (tertiary/aromatic N) is 2. The van der Waals surface area contributed by atoms with Crippen molar-refractivity contribution in [2.45, 2.75) is 0 Å². The molecule has 0 aliphatic heterocycles. The molecule has 0 amide bonds. The van der Waals surface area contributed by atoms with Crippen LogP contribution in [0.3, 0.4) is 0 Å². The molecule has 1 aromatic heterocycles. The summed E-state index contributed by atoms with van der Waals surface area (Å²) in [5.41, 5.74) is 0.0505. The summed E-state index contributed by atoms with van der Waals surface area (Å²) >= 11 is 6.39. The van der Waals surface area contributed by atoms with E-state index in [2.05, 4.69) is 9.36 Å². The first-order chi connectivity index (χ1) is 7.08. The van der Waals surface area contributed by atoms with Crippen molar-refractivity contribution in [3.8, 4) is 11.4 Å². The summed E-state index contributed by atoms with van der Waals surface area (Å²) in [5, 5.41) is 0. The zero-order valence-corrected chi connectivity index (χ0v) is 8.54. The summed E-state index contributed by atoms with van der Waals surface area (Å²) in [6, 6.07) is 1.63. The normalized spacial score (nSPS) is 10.7. The summed E-state index contributed by atoms with van der Waals surface area (Å²) in [4.78, 5) is 3.71. The maximum Gasteiger partial charge on any atom is 0.203 e. The van der Waals surface area contributed by atoms with E-state index in [-0.39, 0.29) is 15.9 Å². The summed E-state index contributed by atoms with van der Waals surface area (Å²) in [7, 11) is 0. The lowest BCUT2D eigenvalue weighted by molar-refractivity contribution is 0.447. The molecule has 1 aromatic carbocycles. The van der Waals surface area contributed by atoms with E-state index in [1.54, 1.807) is 0 Å². The minimum absolute atomic E-state index is 0.0505. The lowest BCUT2D eigenvalue weighted by Crippen LogP contribution is -1.92. The highest BCUT2D eigenvalue weighted by Crippen LogP contribution is 2.24. The molecular weight excluding hydrogens is 249 g/mol. The van der Waals surface area contributed by atoms with Gasteiger partial charge < -0.3 is 0 Å². The Labute approximate surface area is 91.5 Å². The van der Waals surface area contributed by atoms with Gasteiger partial charge in [-0.3, -0.25) is 0 Å². The molecule has 0 unspecified atom stereocenters. The predicted octanol–water partition coefficient (Wildman–Crippen LogP) is 3.28. The van der Waals surface area contributed by atoms with Crippen LogP contribution in [-0.4, -0.2) is 9.36 Å². The molecule has 2 aromatic rings. The molecule has 0 saturated carbocycles. The molecule has 0 saturated heterocycles. The maximum atomic E-state index is 12.8. The Hall–Kier alpha value is -1.14. The summed E-state index contributed by atoms with van der Waals surface area (Å²) in [6.45, 7) is 0. The van der Waals surface area contributed by atoms with E-state index in [4.69, 9.17) is 11.6 Å². The summed E-state index contributed by atoms with van der Waals surface area (Å²) in [5.74, 6) is -4.00. The van der Waals surface area contributed by atoms with E-state index in [1.807, 2.05) is 0 Å². The highest BCUT2D eigenvalue weighted by molar-refractivity contribution is 7.10. The van der Waals surface area contributed by atoms with Crippen LogP contribution in [0, 0.1) is 17.5 Å². The Morgan fingerprint density at radius 2 is 1.73 bits per heavy atom. The van der Waals surface area contributed by atoms with Gasteiger partial charge in [-0.05, 0) is 35.3 Å². The first-order valence-electron chi connectivity index (χ1n) is 3.72. The first kappa shape index (κ1) is 10.4. The third-order valence-corrected chi connectivity index (χ3v) is 2.44. The molecule has 0 radical (unpaired) electrons. The Bertz CT molecular complexity index is 491. The van der Waals surface area contributed by atoms with Crippen molar-refractivity contribution in [2.75, 3.05) is 0 Å². The molecule has 78 valence electrons. The molecule has 7 heteroatoms. The number of hydrogen-bond donors (Lipinski definition) is 0. The molecule has 0 spiro atoms. The van der Waals surface area contributed by atoms with E-state index in [0.717, 1.165) is 23.7 Å². The zero-order valence-electron chi connectivity index (χ0n) is 6.97. The van der Waals surface area contributed by atoms with Gasteiger partial charge in [-0.25, -0.2) is 18.2 Å². The third kappa shape index (κ3) is 1.95. The van der Waals surface area contributed by atoms with Crippen molar-refractivity contribution in [3.05, 3.63) is 34.1 Å². The molecule has 0 bridgehead atoms. The molecule has 0 atom stereocenters. The number of hydrogen-bond acceptors (Lipinski definition) is 3. The largest absolute Gasteiger partial charge is 0.204 e. The predicted molar refractivity (Wildman–Crippen MR) is 50.2 cm³/mol. The fourth-order valence-electron chi connectivity index (χ4n) is 1.01. The van der Waals surface area contributed by atoms with Gasteiger partial charge in [0, 0.05) is 5.56 Å². The summed E-state index contributed by atoms with van der Waals surface area (Å²) in [6.07, 6.45) is 0. The average molecular weight is 251 g/mol. The SMILES string of the molecule is Fc1cc(-c2nsc(Cl)n2)cc(F)c1F. The van der Waals surface area contributed by atoms with E-state index in [9.17, 15) is 13.2 Å². The number of halogens is 4. The maximum absolute atomic E-state index is 12.8. The molecule has 0 aliphatic carbocycles. The molecule has 0 fully saturated rings. The molecule has 2 rings (SSSR count). The van der Waals surface area contributed by atoms with Gasteiger partial charge >= 0.3 is 0 Å². The van der Waals surface area contributed by atoms with Crippen molar-refractivity contribution in [1.82, 2.24) is 9.36 Å². The van der Waals surface area contributed by atoms with Gasteiger partial charge in [-0.2, -0.15) is 4.37 Å². The zero-order chi connectivity index (χ0) is 11.0. The second-order valence-electron chi connectivity index (χ2n) is 2.62. The van der Waals surface area contributed by atoms with Gasteiger partial charge in [-0.15, -0.1) is 0 Å². The molecule has 0 N–H and O–H groups in total. The smallest absolute Gasteiger partial charge is 0.203 e. The van der Waals surface area contributed by atoms with Gasteiger partial charge in [-0.1, -0.05) is 0 Å². The lowest BCUT2D eigenvalue weighted by Gasteiger charge is -1.98. The fourth-order valence-corrected chi connectivity index (χ4v) is 1.63. The number of rotatable bonds is 1. The van der Waals surface area contributed by atoms with Gasteiger partial charge in [0.15, 0.2) is 23.3 Å². The van der Waals surface area contributed by atoms with E-state index >= 15 is 0 Å². The molecule has 1 heterocycles. The van der Waals surface area contributed by atoms with Crippen molar-refractivity contribution in [2.24, 2.45) is 0 Å². The second kappa shape index (κ2) is 3.79. The highest BCUT2D eigenvalue weighted by Gasteiger charge is 2.14. The molecular formula is C8H2ClF3N2S. The fraction of sp³-hybridized carbons (Fsp3) is 0. The minimum Gasteiger partial charge on any atom is -0.204 e. The van der Waals surface area contributed by atoms with E-state index in [1.165, 1.54) is 0 Å². The monoisotopic (exact) mass is 250 g/mol. The van der Waals surface area contributed by atoms with Crippen LogP contribution in [0.4, 0.5) is 13.2 Å². The first-order valence-corrected chi connectivity index (χ1v) is 4.87. The van der Waals surface area contributed by atoms with E-state index in [0.29, 0.717) is 0 Å². The second-order valence-corrected chi connectivity index (χ2v) is 3.96. The van der Waals surface area contributed by atoms with Gasteiger partial charge in [0.2, 0.25) is 4.47 Å². The van der Waals surface area contributed by atoms with Gasteiger partial charge in [0.25, 0.3) is 0 Å². The van der Waals surface area contributed by atoms with Crippen molar-refractivity contribution < 1.29 is 13.2 Å². The average Bonchev–Trinajstić information content (AvgIpc) is 2.60. The van der Waals surface area contributed by atoms with Crippen molar-refractivity contribution in [3.63, 3.8) is 0 Å². The topological polar surface area (TPSA) is 25.8 Å². The van der Waals surface area contributed by atoms with Crippen LogP contribution >= 0.6 is 23.1 Å². The Morgan fingerprint density at radius 1 is 1.13 bits per heavy atom. The molecule has 0 aliphatic rings. The van der Waals surface area contributed by atoms with Crippen LogP contribution in [-0.2, 0) is 0 Å². The van der Waals surface area contributed by atoms with Crippen LogP contribution in [0.2, 0.25) is 4.47 Å². The van der Waals surface area contributed by atoms with Crippen LogP contribution in [0.15, 0.2) is 12.1 Å². The van der Waals surface area contributed by atoms with Crippen molar-refractivity contribution >= 4 is 23.1 Å². The highest BCUT2D eigenvalue weighted by atomic mass is 35.5. The standard InChI is InChI=1S/C8H2ClF3N2S/c9-8-13-7(14-15-8)3-1-4(10)6(12)5(11)2-3/h1-2H. The quantitative estimate of drug-likeness (QED) is 0.726. The Kier molecular flexibility index (Phi) is 2.62. The summed E-state index contributed by atoms with van der Waals surface area (Å²) < 4.78 is 42.2. The minimum atomic E-state index is -1.51. The van der Waals surface area contributed by atoms with Crippen LogP contribution in [0.1, 0.15) is 0 Å². The molecule has 15 heavy (non-hydrogen) atoms. The Morgan fingerprint density at radius 3 is 2.20 bits per heavy atom. The van der Waals surface area contributed by atoms with Crippen molar-refractivity contribution in [1.29, 1.82) is 0 Å². The van der Waals surface area contributed by atoms with Gasteiger partial charge in [0.1, 0.15) is 0 Å². The van der Waals surface area contributed by atoms with Gasteiger partial charge in [0.05, 0.1) is 0 Å². The van der Waals surface area contributed by atoms with Crippen LogP contribution in [0.25, 0.3) is 11.4 Å². The Balaban J connectivity index is 2.55. The van der Waals surface area contributed by atoms with Crippen LogP contribution in [0.5, 0.6) is 0 Å². The third-order valence-electron chi connectivity index (χ3n) is 1.64. The lowest BCUT2D eigenvalue weighted by atomic mass is 10.2. The number of benzene rings is 1. The molecule has 2 nitrogen and oxygen atoms in total.